The first-order valence-electron chi connectivity index (χ1n) is 7.85. The van der Waals surface area contributed by atoms with E-state index in [-0.39, 0.29) is 17.8 Å². The molecule has 0 spiro atoms. The predicted octanol–water partition coefficient (Wildman–Crippen LogP) is 1.51. The van der Waals surface area contributed by atoms with Gasteiger partial charge in [-0.3, -0.25) is 19.7 Å². The third kappa shape index (κ3) is 4.18. The Bertz CT molecular complexity index is 1100. The van der Waals surface area contributed by atoms with E-state index in [1.807, 2.05) is 35.9 Å². The molecule has 138 valence electrons. The Morgan fingerprint density at radius 2 is 2.00 bits per heavy atom. The van der Waals surface area contributed by atoms with Gasteiger partial charge in [0.2, 0.25) is 4.80 Å². The van der Waals surface area contributed by atoms with Crippen LogP contribution < -0.4 is 15.5 Å². The number of nitrogens with zero attached hydrogens (tertiary/aromatic N) is 3. The van der Waals surface area contributed by atoms with Crippen LogP contribution in [0.3, 0.4) is 0 Å². The molecule has 0 bridgehead atoms. The summed E-state index contributed by atoms with van der Waals surface area (Å²) in [6.45, 7) is -0.306. The molecule has 0 aliphatic rings. The van der Waals surface area contributed by atoms with Crippen LogP contribution in [0.15, 0.2) is 53.6 Å². The number of aryl methyl sites for hydroxylation is 1. The van der Waals surface area contributed by atoms with E-state index < -0.39 is 16.7 Å². The quantitative estimate of drug-likeness (QED) is 0.511. The maximum absolute atomic E-state index is 12.0. The summed E-state index contributed by atoms with van der Waals surface area (Å²) >= 11 is 1.42. The molecule has 9 nitrogen and oxygen atoms in total. The number of hydrogen-bond acceptors (Lipinski definition) is 6. The van der Waals surface area contributed by atoms with Crippen molar-refractivity contribution in [3.05, 3.63) is 69.0 Å². The lowest BCUT2D eigenvalue weighted by atomic mass is 10.2. The Morgan fingerprint density at radius 1 is 1.22 bits per heavy atom. The molecular weight excluding hydrogens is 370 g/mol. The molecule has 3 aromatic rings. The number of thiazole rings is 1. The summed E-state index contributed by atoms with van der Waals surface area (Å²) in [7, 11) is 1.84. The number of amides is 2. The molecule has 0 aliphatic heterocycles. The summed E-state index contributed by atoms with van der Waals surface area (Å²) in [5.41, 5.74) is 3.29. The summed E-state index contributed by atoms with van der Waals surface area (Å²) < 4.78 is 2.88. The van der Waals surface area contributed by atoms with Crippen molar-refractivity contribution < 1.29 is 14.5 Å². The number of aromatic nitrogens is 1. The second-order valence-corrected chi connectivity index (χ2v) is 6.56. The van der Waals surface area contributed by atoms with E-state index in [4.69, 9.17) is 0 Å². The smallest absolute Gasteiger partial charge is 0.270 e. The first kappa shape index (κ1) is 18.3. The molecule has 27 heavy (non-hydrogen) atoms. The van der Waals surface area contributed by atoms with Crippen LogP contribution in [0.1, 0.15) is 10.4 Å². The maximum Gasteiger partial charge on any atom is 0.270 e. The van der Waals surface area contributed by atoms with E-state index in [0.717, 1.165) is 16.3 Å². The monoisotopic (exact) mass is 385 g/mol. The van der Waals surface area contributed by atoms with Crippen LogP contribution in [0.2, 0.25) is 0 Å². The highest BCUT2D eigenvalue weighted by molar-refractivity contribution is 7.16. The summed E-state index contributed by atoms with van der Waals surface area (Å²) in [5.74, 6) is -1.09. The van der Waals surface area contributed by atoms with Crippen molar-refractivity contribution in [2.45, 2.75) is 0 Å². The third-order valence-electron chi connectivity index (χ3n) is 3.72. The first-order valence-corrected chi connectivity index (χ1v) is 8.67. The molecule has 0 saturated heterocycles. The topological polar surface area (TPSA) is 119 Å². The second-order valence-electron chi connectivity index (χ2n) is 5.55. The van der Waals surface area contributed by atoms with Gasteiger partial charge in [0.15, 0.2) is 0 Å². The lowest BCUT2D eigenvalue weighted by Gasteiger charge is -2.04. The number of nitro benzene ring substituents is 1. The zero-order valence-electron chi connectivity index (χ0n) is 14.2. The van der Waals surface area contributed by atoms with E-state index in [9.17, 15) is 19.7 Å². The van der Waals surface area contributed by atoms with Crippen molar-refractivity contribution >= 4 is 39.1 Å². The molecule has 0 fully saturated rings. The van der Waals surface area contributed by atoms with Crippen molar-refractivity contribution in [1.82, 2.24) is 15.3 Å². The minimum absolute atomic E-state index is 0.102. The summed E-state index contributed by atoms with van der Waals surface area (Å²) in [5, 5.41) is 17.2. The molecule has 1 aromatic heterocycles. The van der Waals surface area contributed by atoms with Gasteiger partial charge in [-0.05, 0) is 18.2 Å². The Hall–Kier alpha value is -3.53. The molecule has 1 heterocycles. The zero-order valence-corrected chi connectivity index (χ0v) is 15.0. The molecule has 0 unspecified atom stereocenters. The molecule has 3 rings (SSSR count). The van der Waals surface area contributed by atoms with E-state index in [0.29, 0.717) is 4.80 Å². The van der Waals surface area contributed by atoms with Gasteiger partial charge in [-0.2, -0.15) is 0 Å². The molecule has 2 aromatic carbocycles. The number of nitrogens with one attached hydrogen (secondary N) is 2. The van der Waals surface area contributed by atoms with Gasteiger partial charge in [0, 0.05) is 24.7 Å². The van der Waals surface area contributed by atoms with Crippen molar-refractivity contribution in [3.63, 3.8) is 0 Å². The molecular formula is C17H15N5O4S. The Kier molecular flexibility index (Phi) is 5.27. The van der Waals surface area contributed by atoms with Crippen molar-refractivity contribution in [3.8, 4) is 0 Å². The van der Waals surface area contributed by atoms with Gasteiger partial charge in [-0.1, -0.05) is 29.5 Å². The molecule has 2 N–H and O–H groups in total. The Labute approximate surface area is 157 Å². The van der Waals surface area contributed by atoms with Crippen LogP contribution in [0.25, 0.3) is 10.2 Å². The number of carbonyl (C=O) groups excluding carboxylic acids is 2. The van der Waals surface area contributed by atoms with Gasteiger partial charge >= 0.3 is 0 Å². The average Bonchev–Trinajstić information content (AvgIpc) is 3.00. The highest BCUT2D eigenvalue weighted by Gasteiger charge is 2.12. The van der Waals surface area contributed by atoms with E-state index in [2.05, 4.69) is 15.8 Å². The number of non-ortho nitro benzene ring substituents is 1. The number of hydrogen-bond donors (Lipinski definition) is 2. The minimum Gasteiger partial charge on any atom is -0.343 e. The number of fused-ring (bicyclic) bond motifs is 1. The van der Waals surface area contributed by atoms with Gasteiger partial charge in [0.1, 0.15) is 0 Å². The van der Waals surface area contributed by atoms with Gasteiger partial charge < -0.3 is 9.88 Å². The van der Waals surface area contributed by atoms with Gasteiger partial charge in [-0.15, -0.1) is 5.10 Å². The normalized spacial score (nSPS) is 11.4. The van der Waals surface area contributed by atoms with Crippen LogP contribution in [-0.2, 0) is 11.8 Å². The summed E-state index contributed by atoms with van der Waals surface area (Å²) in [4.78, 5) is 34.7. The third-order valence-corrected chi connectivity index (χ3v) is 4.83. The Balaban J connectivity index is 1.62. The molecule has 0 aliphatic carbocycles. The van der Waals surface area contributed by atoms with Crippen LogP contribution in [-0.4, -0.2) is 27.8 Å². The zero-order chi connectivity index (χ0) is 19.4. The number of rotatable bonds is 5. The standard InChI is InChI=1S/C17H15N5O4S/c1-21-13-7-2-3-8-14(13)27-17(21)20-19-15(23)10-18-16(24)11-5-4-6-12(9-11)22(25)26/h2-9H,10H2,1H3,(H,18,24)(H,19,23)/b20-17-. The number of carbonyl (C=O) groups is 2. The van der Waals surface area contributed by atoms with Crippen molar-refractivity contribution in [2.75, 3.05) is 6.54 Å². The van der Waals surface area contributed by atoms with Crippen molar-refractivity contribution in [1.29, 1.82) is 0 Å². The summed E-state index contributed by atoms with van der Waals surface area (Å²) in [6.07, 6.45) is 0. The largest absolute Gasteiger partial charge is 0.343 e. The van der Waals surface area contributed by atoms with Crippen LogP contribution in [0.5, 0.6) is 0 Å². The minimum atomic E-state index is -0.590. The van der Waals surface area contributed by atoms with Crippen LogP contribution in [0.4, 0.5) is 5.69 Å². The van der Waals surface area contributed by atoms with E-state index >= 15 is 0 Å². The maximum atomic E-state index is 12.0. The lowest BCUT2D eigenvalue weighted by Crippen LogP contribution is -2.35. The summed E-state index contributed by atoms with van der Waals surface area (Å²) in [6, 6.07) is 13.0. The van der Waals surface area contributed by atoms with Gasteiger partial charge in [0.25, 0.3) is 17.5 Å². The van der Waals surface area contributed by atoms with Crippen molar-refractivity contribution in [2.24, 2.45) is 12.1 Å². The van der Waals surface area contributed by atoms with Gasteiger partial charge in [-0.25, -0.2) is 5.43 Å². The fraction of sp³-hybridized carbons (Fsp3) is 0.118. The lowest BCUT2D eigenvalue weighted by molar-refractivity contribution is -0.384. The highest BCUT2D eigenvalue weighted by Crippen LogP contribution is 2.15. The number of nitro groups is 1. The molecule has 2 amide bonds. The van der Waals surface area contributed by atoms with Crippen LogP contribution in [0, 0.1) is 10.1 Å². The average molecular weight is 385 g/mol. The fourth-order valence-corrected chi connectivity index (χ4v) is 3.34. The SMILES string of the molecule is Cn1/c(=N/NC(=O)CNC(=O)c2cccc([N+](=O)[O-])c2)sc2ccccc21. The molecule has 0 radical (unpaired) electrons. The number of benzene rings is 2. The fourth-order valence-electron chi connectivity index (χ4n) is 2.36. The Morgan fingerprint density at radius 3 is 2.74 bits per heavy atom. The van der Waals surface area contributed by atoms with E-state index in [1.165, 1.54) is 29.5 Å². The molecule has 0 saturated carbocycles. The predicted molar refractivity (Wildman–Crippen MR) is 99.9 cm³/mol. The number of para-hydroxylation sites is 1. The van der Waals surface area contributed by atoms with Crippen LogP contribution >= 0.6 is 11.3 Å². The first-order chi connectivity index (χ1) is 13.0. The van der Waals surface area contributed by atoms with E-state index in [1.54, 1.807) is 0 Å². The molecule has 0 atom stereocenters. The molecule has 10 heteroatoms. The van der Waals surface area contributed by atoms with Gasteiger partial charge in [0.05, 0.1) is 21.7 Å². The second kappa shape index (κ2) is 7.79. The highest BCUT2D eigenvalue weighted by atomic mass is 32.1.